The van der Waals surface area contributed by atoms with E-state index in [1.54, 1.807) is 0 Å². The zero-order valence-corrected chi connectivity index (χ0v) is 13.0. The lowest BCUT2D eigenvalue weighted by Gasteiger charge is -2.29. The smallest absolute Gasteiger partial charge is 0.102 e. The molecule has 1 N–H and O–H groups in total. The highest BCUT2D eigenvalue weighted by molar-refractivity contribution is 5.26. The van der Waals surface area contributed by atoms with Gasteiger partial charge in [-0.3, -0.25) is 0 Å². The first kappa shape index (κ1) is 15.7. The average Bonchev–Trinajstić information content (AvgIpc) is 2.56. The number of rotatable bonds is 8. The van der Waals surface area contributed by atoms with E-state index in [1.807, 2.05) is 6.07 Å². The fraction of sp³-hybridized carbons (Fsp3) is 0.368. The molecule has 0 aromatic heterocycles. The van der Waals surface area contributed by atoms with Crippen LogP contribution in [0.25, 0.3) is 0 Å². The standard InChI is InChI=1S/C19H25NO/c1-3-15-21-19(17-13-9-6-10-14-17)18(20-4-2)16-11-7-5-8-12-16/h5-14,18-20H,3-4,15H2,1-2H3. The molecule has 112 valence electrons. The molecule has 0 aliphatic rings. The van der Waals surface area contributed by atoms with Crippen molar-refractivity contribution in [3.63, 3.8) is 0 Å². The van der Waals surface area contributed by atoms with Crippen molar-refractivity contribution in [2.24, 2.45) is 0 Å². The first-order valence-corrected chi connectivity index (χ1v) is 7.81. The molecule has 2 rings (SSSR count). The van der Waals surface area contributed by atoms with Crippen molar-refractivity contribution >= 4 is 0 Å². The maximum atomic E-state index is 6.18. The highest BCUT2D eigenvalue weighted by Crippen LogP contribution is 2.32. The molecule has 2 aromatic rings. The fourth-order valence-electron chi connectivity index (χ4n) is 2.55. The SMILES string of the molecule is CCCOC(c1ccccc1)C(NCC)c1ccccc1. The first-order chi connectivity index (χ1) is 10.4. The normalized spacial score (nSPS) is 13.8. The monoisotopic (exact) mass is 283 g/mol. The van der Waals surface area contributed by atoms with Gasteiger partial charge in [0.05, 0.1) is 6.04 Å². The molecule has 2 unspecified atom stereocenters. The largest absolute Gasteiger partial charge is 0.372 e. The summed E-state index contributed by atoms with van der Waals surface area (Å²) in [5.74, 6) is 0. The van der Waals surface area contributed by atoms with E-state index in [1.165, 1.54) is 11.1 Å². The van der Waals surface area contributed by atoms with E-state index in [-0.39, 0.29) is 12.1 Å². The second-order valence-corrected chi connectivity index (χ2v) is 5.15. The van der Waals surface area contributed by atoms with Crippen molar-refractivity contribution in [3.05, 3.63) is 71.8 Å². The van der Waals surface area contributed by atoms with Crippen LogP contribution in [0, 0.1) is 0 Å². The van der Waals surface area contributed by atoms with Crippen LogP contribution in [0.2, 0.25) is 0 Å². The fourth-order valence-corrected chi connectivity index (χ4v) is 2.55. The summed E-state index contributed by atoms with van der Waals surface area (Å²) >= 11 is 0. The first-order valence-electron chi connectivity index (χ1n) is 7.81. The average molecular weight is 283 g/mol. The molecule has 0 heterocycles. The van der Waals surface area contributed by atoms with Crippen LogP contribution in [-0.4, -0.2) is 13.2 Å². The van der Waals surface area contributed by atoms with E-state index in [0.29, 0.717) is 0 Å². The Morgan fingerprint density at radius 3 is 1.95 bits per heavy atom. The van der Waals surface area contributed by atoms with Crippen LogP contribution in [0.4, 0.5) is 0 Å². The maximum absolute atomic E-state index is 6.18. The summed E-state index contributed by atoms with van der Waals surface area (Å²) in [7, 11) is 0. The summed E-state index contributed by atoms with van der Waals surface area (Å²) < 4.78 is 6.18. The van der Waals surface area contributed by atoms with Crippen LogP contribution >= 0.6 is 0 Å². The zero-order chi connectivity index (χ0) is 14.9. The molecule has 0 aliphatic carbocycles. The third kappa shape index (κ3) is 4.42. The molecule has 0 saturated heterocycles. The third-order valence-corrected chi connectivity index (χ3v) is 3.52. The maximum Gasteiger partial charge on any atom is 0.102 e. The highest BCUT2D eigenvalue weighted by atomic mass is 16.5. The van der Waals surface area contributed by atoms with Gasteiger partial charge in [-0.15, -0.1) is 0 Å². The van der Waals surface area contributed by atoms with Gasteiger partial charge in [-0.1, -0.05) is 74.5 Å². The number of nitrogens with one attached hydrogen (secondary N) is 1. The molecular formula is C19H25NO. The molecule has 0 aliphatic heterocycles. The van der Waals surface area contributed by atoms with E-state index in [9.17, 15) is 0 Å². The Hall–Kier alpha value is -1.64. The van der Waals surface area contributed by atoms with Gasteiger partial charge in [0.2, 0.25) is 0 Å². The number of benzene rings is 2. The van der Waals surface area contributed by atoms with Crippen molar-refractivity contribution in [2.45, 2.75) is 32.4 Å². The van der Waals surface area contributed by atoms with Gasteiger partial charge >= 0.3 is 0 Å². The third-order valence-electron chi connectivity index (χ3n) is 3.52. The van der Waals surface area contributed by atoms with Crippen LogP contribution in [0.15, 0.2) is 60.7 Å². The minimum atomic E-state index is 0.0356. The molecule has 0 bridgehead atoms. The Morgan fingerprint density at radius 2 is 1.43 bits per heavy atom. The lowest BCUT2D eigenvalue weighted by molar-refractivity contribution is 0.0250. The molecule has 21 heavy (non-hydrogen) atoms. The summed E-state index contributed by atoms with van der Waals surface area (Å²) in [4.78, 5) is 0. The zero-order valence-electron chi connectivity index (χ0n) is 13.0. The second kappa shape index (κ2) is 8.60. The molecule has 2 nitrogen and oxygen atoms in total. The number of ether oxygens (including phenoxy) is 1. The second-order valence-electron chi connectivity index (χ2n) is 5.15. The van der Waals surface area contributed by atoms with Crippen LogP contribution < -0.4 is 5.32 Å². The van der Waals surface area contributed by atoms with Crippen LogP contribution in [-0.2, 0) is 4.74 Å². The van der Waals surface area contributed by atoms with Crippen LogP contribution in [0.3, 0.4) is 0 Å². The van der Waals surface area contributed by atoms with E-state index in [2.05, 4.69) is 73.8 Å². The topological polar surface area (TPSA) is 21.3 Å². The number of hydrogen-bond acceptors (Lipinski definition) is 2. The minimum Gasteiger partial charge on any atom is -0.372 e. The van der Waals surface area contributed by atoms with Gasteiger partial charge in [0.15, 0.2) is 0 Å². The van der Waals surface area contributed by atoms with Crippen LogP contribution in [0.1, 0.15) is 43.5 Å². The van der Waals surface area contributed by atoms with Gasteiger partial charge in [0.1, 0.15) is 6.10 Å². The lowest BCUT2D eigenvalue weighted by atomic mass is 9.95. The van der Waals surface area contributed by atoms with Crippen molar-refractivity contribution in [1.82, 2.24) is 5.32 Å². The molecule has 0 fully saturated rings. The Kier molecular flexibility index (Phi) is 6.45. The molecule has 2 aromatic carbocycles. The van der Waals surface area contributed by atoms with E-state index in [0.717, 1.165) is 19.6 Å². The minimum absolute atomic E-state index is 0.0356. The lowest BCUT2D eigenvalue weighted by Crippen LogP contribution is -2.28. The molecular weight excluding hydrogens is 258 g/mol. The van der Waals surface area contributed by atoms with E-state index < -0.39 is 0 Å². The Balaban J connectivity index is 2.31. The summed E-state index contributed by atoms with van der Waals surface area (Å²) in [6, 6.07) is 21.2. The van der Waals surface area contributed by atoms with Crippen molar-refractivity contribution in [1.29, 1.82) is 0 Å². The summed E-state index contributed by atoms with van der Waals surface area (Å²) in [5.41, 5.74) is 2.49. The highest BCUT2D eigenvalue weighted by Gasteiger charge is 2.24. The Bertz CT molecular complexity index is 497. The Morgan fingerprint density at radius 1 is 0.857 bits per heavy atom. The molecule has 0 amide bonds. The van der Waals surface area contributed by atoms with Crippen molar-refractivity contribution in [3.8, 4) is 0 Å². The molecule has 2 heteroatoms. The van der Waals surface area contributed by atoms with Gasteiger partial charge in [0.25, 0.3) is 0 Å². The van der Waals surface area contributed by atoms with Crippen molar-refractivity contribution in [2.75, 3.05) is 13.2 Å². The summed E-state index contributed by atoms with van der Waals surface area (Å²) in [6.45, 7) is 5.97. The van der Waals surface area contributed by atoms with Crippen molar-refractivity contribution < 1.29 is 4.74 Å². The summed E-state index contributed by atoms with van der Waals surface area (Å²) in [5, 5.41) is 3.58. The van der Waals surface area contributed by atoms with E-state index >= 15 is 0 Å². The van der Waals surface area contributed by atoms with E-state index in [4.69, 9.17) is 4.74 Å². The predicted octanol–water partition coefficient (Wildman–Crippen LogP) is 4.51. The summed E-state index contributed by atoms with van der Waals surface area (Å²) in [6.07, 6.45) is 1.06. The van der Waals surface area contributed by atoms with Crippen LogP contribution in [0.5, 0.6) is 0 Å². The number of likely N-dealkylation sites (N-methyl/N-ethyl adjacent to an activating group) is 1. The quantitative estimate of drug-likeness (QED) is 0.770. The molecule has 2 atom stereocenters. The van der Waals surface area contributed by atoms with Gasteiger partial charge < -0.3 is 10.1 Å². The van der Waals surface area contributed by atoms with Gasteiger partial charge in [-0.25, -0.2) is 0 Å². The van der Waals surface area contributed by atoms with Gasteiger partial charge in [-0.2, -0.15) is 0 Å². The molecule has 0 spiro atoms. The van der Waals surface area contributed by atoms with Gasteiger partial charge in [-0.05, 0) is 24.1 Å². The number of hydrogen-bond donors (Lipinski definition) is 1. The molecule has 0 radical (unpaired) electrons. The Labute approximate surface area is 128 Å². The predicted molar refractivity (Wildman–Crippen MR) is 88.3 cm³/mol. The van der Waals surface area contributed by atoms with Gasteiger partial charge in [0, 0.05) is 6.61 Å². The molecule has 0 saturated carbocycles.